The van der Waals surface area contributed by atoms with Crippen LogP contribution >= 0.6 is 0 Å². The first-order valence-electron chi connectivity index (χ1n) is 4.40. The zero-order valence-corrected chi connectivity index (χ0v) is 8.41. The molecule has 1 rings (SSSR count). The van der Waals surface area contributed by atoms with Crippen molar-refractivity contribution in [3.05, 3.63) is 23.8 Å². The van der Waals surface area contributed by atoms with Crippen LogP contribution in [0.5, 0.6) is 0 Å². The third kappa shape index (κ3) is 2.12. The Kier molecular flexibility index (Phi) is 2.78. The average Bonchev–Trinajstić information content (AvgIpc) is 2.03. The molecular formula is C10H17N3. The monoisotopic (exact) mass is 179 g/mol. The van der Waals surface area contributed by atoms with Gasteiger partial charge in [0.2, 0.25) is 0 Å². The molecular weight excluding hydrogens is 162 g/mol. The Morgan fingerprint density at radius 2 is 1.92 bits per heavy atom. The van der Waals surface area contributed by atoms with Crippen LogP contribution < -0.4 is 16.6 Å². The summed E-state index contributed by atoms with van der Waals surface area (Å²) in [6.07, 6.45) is 0. The van der Waals surface area contributed by atoms with E-state index in [-0.39, 0.29) is 0 Å². The van der Waals surface area contributed by atoms with Crippen LogP contribution in [0.25, 0.3) is 0 Å². The number of rotatable bonds is 2. The van der Waals surface area contributed by atoms with Crippen molar-refractivity contribution in [3.63, 3.8) is 0 Å². The van der Waals surface area contributed by atoms with Gasteiger partial charge in [0.15, 0.2) is 0 Å². The van der Waals surface area contributed by atoms with E-state index < -0.39 is 0 Å². The predicted molar refractivity (Wildman–Crippen MR) is 57.5 cm³/mol. The lowest BCUT2D eigenvalue weighted by atomic mass is 10.0. The fraction of sp³-hybridized carbons (Fsp3) is 0.400. The molecule has 3 nitrogen and oxygen atoms in total. The average molecular weight is 179 g/mol. The third-order valence-electron chi connectivity index (χ3n) is 2.10. The van der Waals surface area contributed by atoms with Crippen molar-refractivity contribution in [2.75, 3.05) is 17.8 Å². The Labute approximate surface area is 79.3 Å². The molecule has 0 saturated heterocycles. The van der Waals surface area contributed by atoms with Gasteiger partial charge in [0.25, 0.3) is 0 Å². The van der Waals surface area contributed by atoms with E-state index in [0.29, 0.717) is 5.92 Å². The van der Waals surface area contributed by atoms with Gasteiger partial charge >= 0.3 is 0 Å². The molecule has 0 heterocycles. The molecule has 0 bridgehead atoms. The van der Waals surface area contributed by atoms with Gasteiger partial charge in [-0.3, -0.25) is 0 Å². The summed E-state index contributed by atoms with van der Waals surface area (Å²) in [5.41, 5.74) is 8.68. The quantitative estimate of drug-likeness (QED) is 0.413. The highest BCUT2D eigenvalue weighted by Gasteiger charge is 2.04. The number of hydrazine groups is 1. The van der Waals surface area contributed by atoms with Crippen molar-refractivity contribution in [1.82, 2.24) is 0 Å². The van der Waals surface area contributed by atoms with Crippen molar-refractivity contribution in [1.29, 1.82) is 0 Å². The number of hydrogen-bond donors (Lipinski definition) is 2. The second-order valence-electron chi connectivity index (χ2n) is 3.58. The Bertz CT molecular complexity index is 292. The van der Waals surface area contributed by atoms with E-state index in [0.717, 1.165) is 11.4 Å². The Morgan fingerprint density at radius 1 is 1.31 bits per heavy atom. The minimum atomic E-state index is 0.499. The number of nitrogens with two attached hydrogens (primary N) is 2. The van der Waals surface area contributed by atoms with Crippen molar-refractivity contribution in [3.8, 4) is 0 Å². The first-order chi connectivity index (χ1) is 6.02. The highest BCUT2D eigenvalue weighted by atomic mass is 15.4. The van der Waals surface area contributed by atoms with Crippen LogP contribution in [0.2, 0.25) is 0 Å². The van der Waals surface area contributed by atoms with Gasteiger partial charge in [-0.15, -0.1) is 0 Å². The van der Waals surface area contributed by atoms with Gasteiger partial charge in [0.1, 0.15) is 0 Å². The standard InChI is InChI=1S/C10H17N3/c1-7(2)8-4-5-10(13(3)12)9(11)6-8/h4-7H,11-12H2,1-3H3. The maximum Gasteiger partial charge on any atom is 0.0743 e. The number of nitrogens with zero attached hydrogens (tertiary/aromatic N) is 1. The summed E-state index contributed by atoms with van der Waals surface area (Å²) >= 11 is 0. The molecule has 0 atom stereocenters. The van der Waals surface area contributed by atoms with Crippen LogP contribution in [0.15, 0.2) is 18.2 Å². The van der Waals surface area contributed by atoms with Gasteiger partial charge in [0.05, 0.1) is 11.4 Å². The summed E-state index contributed by atoms with van der Waals surface area (Å²) in [5.74, 6) is 6.09. The maximum absolute atomic E-state index is 5.84. The van der Waals surface area contributed by atoms with Crippen LogP contribution in [0.4, 0.5) is 11.4 Å². The Hall–Kier alpha value is -1.22. The fourth-order valence-electron chi connectivity index (χ4n) is 1.25. The summed E-state index contributed by atoms with van der Waals surface area (Å²) in [6, 6.07) is 5.98. The molecule has 0 amide bonds. The van der Waals surface area contributed by atoms with E-state index >= 15 is 0 Å². The lowest BCUT2D eigenvalue weighted by Crippen LogP contribution is -2.25. The molecule has 0 aliphatic heterocycles. The minimum Gasteiger partial charge on any atom is -0.397 e. The van der Waals surface area contributed by atoms with Crippen molar-refractivity contribution in [2.24, 2.45) is 5.84 Å². The van der Waals surface area contributed by atoms with E-state index in [1.807, 2.05) is 12.1 Å². The molecule has 13 heavy (non-hydrogen) atoms. The van der Waals surface area contributed by atoms with E-state index in [1.165, 1.54) is 10.6 Å². The summed E-state index contributed by atoms with van der Waals surface area (Å²) in [4.78, 5) is 0. The largest absolute Gasteiger partial charge is 0.397 e. The zero-order valence-electron chi connectivity index (χ0n) is 8.41. The number of hydrogen-bond acceptors (Lipinski definition) is 3. The molecule has 1 aromatic rings. The van der Waals surface area contributed by atoms with E-state index in [2.05, 4.69) is 19.9 Å². The summed E-state index contributed by atoms with van der Waals surface area (Å²) in [6.45, 7) is 4.28. The topological polar surface area (TPSA) is 55.3 Å². The molecule has 0 aromatic heterocycles. The Balaban J connectivity index is 3.06. The molecule has 0 fully saturated rings. The second kappa shape index (κ2) is 3.66. The molecule has 4 N–H and O–H groups in total. The van der Waals surface area contributed by atoms with Crippen LogP contribution in [0, 0.1) is 0 Å². The third-order valence-corrected chi connectivity index (χ3v) is 2.10. The van der Waals surface area contributed by atoms with Crippen molar-refractivity contribution < 1.29 is 0 Å². The van der Waals surface area contributed by atoms with Crippen molar-refractivity contribution >= 4 is 11.4 Å². The van der Waals surface area contributed by atoms with Crippen LogP contribution in [-0.2, 0) is 0 Å². The SMILES string of the molecule is CC(C)c1ccc(N(C)N)c(N)c1. The van der Waals surface area contributed by atoms with Gasteiger partial charge in [-0.1, -0.05) is 19.9 Å². The molecule has 0 spiro atoms. The van der Waals surface area contributed by atoms with Gasteiger partial charge in [-0.25, -0.2) is 5.84 Å². The molecule has 0 aliphatic carbocycles. The summed E-state index contributed by atoms with van der Waals surface area (Å²) in [7, 11) is 1.78. The highest BCUT2D eigenvalue weighted by molar-refractivity contribution is 5.67. The van der Waals surface area contributed by atoms with Gasteiger partial charge in [-0.2, -0.15) is 0 Å². The van der Waals surface area contributed by atoms with Crippen LogP contribution in [-0.4, -0.2) is 7.05 Å². The molecule has 0 radical (unpaired) electrons. The first-order valence-corrected chi connectivity index (χ1v) is 4.40. The van der Waals surface area contributed by atoms with E-state index in [4.69, 9.17) is 11.6 Å². The normalized spacial score (nSPS) is 10.5. The van der Waals surface area contributed by atoms with Crippen LogP contribution in [0.3, 0.4) is 0 Å². The zero-order chi connectivity index (χ0) is 10.0. The van der Waals surface area contributed by atoms with Gasteiger partial charge in [0, 0.05) is 7.05 Å². The molecule has 3 heteroatoms. The first kappa shape index (κ1) is 9.86. The number of nitrogen functional groups attached to an aromatic ring is 1. The predicted octanol–water partition coefficient (Wildman–Crippen LogP) is 1.70. The van der Waals surface area contributed by atoms with Gasteiger partial charge < -0.3 is 10.7 Å². The second-order valence-corrected chi connectivity index (χ2v) is 3.58. The van der Waals surface area contributed by atoms with E-state index in [9.17, 15) is 0 Å². The van der Waals surface area contributed by atoms with E-state index in [1.54, 1.807) is 7.05 Å². The lowest BCUT2D eigenvalue weighted by Gasteiger charge is -2.16. The molecule has 0 saturated carbocycles. The lowest BCUT2D eigenvalue weighted by molar-refractivity contribution is 0.866. The Morgan fingerprint density at radius 3 is 2.31 bits per heavy atom. The summed E-state index contributed by atoms with van der Waals surface area (Å²) < 4.78 is 0. The molecule has 0 unspecified atom stereocenters. The minimum absolute atomic E-state index is 0.499. The highest BCUT2D eigenvalue weighted by Crippen LogP contribution is 2.25. The van der Waals surface area contributed by atoms with Crippen molar-refractivity contribution in [2.45, 2.75) is 19.8 Å². The number of anilines is 2. The molecule has 72 valence electrons. The number of benzene rings is 1. The fourth-order valence-corrected chi connectivity index (χ4v) is 1.25. The molecule has 1 aromatic carbocycles. The van der Waals surface area contributed by atoms with Crippen LogP contribution in [0.1, 0.15) is 25.3 Å². The molecule has 0 aliphatic rings. The van der Waals surface area contributed by atoms with Gasteiger partial charge in [-0.05, 0) is 23.6 Å². The smallest absolute Gasteiger partial charge is 0.0743 e. The maximum atomic E-state index is 5.84. The summed E-state index contributed by atoms with van der Waals surface area (Å²) in [5, 5.41) is 1.53.